The smallest absolute Gasteiger partial charge is 0.267 e. The Labute approximate surface area is 163 Å². The normalized spacial score (nSPS) is 24.3. The summed E-state index contributed by atoms with van der Waals surface area (Å²) in [6, 6.07) is 2.22. The molecule has 8 heteroatoms. The molecule has 28 heavy (non-hydrogen) atoms. The highest BCUT2D eigenvalue weighted by atomic mass is 16.5. The Morgan fingerprint density at radius 1 is 1.00 bits per heavy atom. The van der Waals surface area contributed by atoms with Crippen molar-refractivity contribution in [3.63, 3.8) is 0 Å². The maximum Gasteiger partial charge on any atom is 0.267 e. The van der Waals surface area contributed by atoms with Crippen molar-refractivity contribution in [1.82, 2.24) is 19.7 Å². The molecule has 1 N–H and O–H groups in total. The summed E-state index contributed by atoms with van der Waals surface area (Å²) in [4.78, 5) is 21.3. The van der Waals surface area contributed by atoms with Crippen molar-refractivity contribution in [3.8, 4) is 0 Å². The summed E-state index contributed by atoms with van der Waals surface area (Å²) in [7, 11) is 0. The zero-order valence-electron chi connectivity index (χ0n) is 15.9. The predicted molar refractivity (Wildman–Crippen MR) is 102 cm³/mol. The molecule has 3 aliphatic rings. The maximum atomic E-state index is 12.5. The molecule has 5 rings (SSSR count). The van der Waals surface area contributed by atoms with Crippen molar-refractivity contribution in [1.29, 1.82) is 0 Å². The molecular formula is C20H25N5O3. The molecule has 2 aromatic heterocycles. The molecule has 0 saturated heterocycles. The van der Waals surface area contributed by atoms with E-state index in [2.05, 4.69) is 20.4 Å². The fourth-order valence-electron chi connectivity index (χ4n) is 4.43. The first-order valence-corrected chi connectivity index (χ1v) is 10.1. The van der Waals surface area contributed by atoms with E-state index in [0.29, 0.717) is 25.9 Å². The number of nitrogens with zero attached hydrogens (tertiary/aromatic N) is 4. The molecular weight excluding hydrogens is 358 g/mol. The Morgan fingerprint density at radius 3 is 2.64 bits per heavy atom. The van der Waals surface area contributed by atoms with Gasteiger partial charge < -0.3 is 14.8 Å². The first kappa shape index (κ1) is 17.8. The molecule has 0 aromatic carbocycles. The number of fused-ring (bicyclic) bond motifs is 2. The summed E-state index contributed by atoms with van der Waals surface area (Å²) in [5, 5.41) is 8.26. The number of hydrogen-bond donors (Lipinski definition) is 1. The van der Waals surface area contributed by atoms with Crippen molar-refractivity contribution < 1.29 is 9.47 Å². The van der Waals surface area contributed by atoms with Crippen LogP contribution in [0.4, 0.5) is 5.82 Å². The van der Waals surface area contributed by atoms with Crippen LogP contribution in [0.15, 0.2) is 17.2 Å². The van der Waals surface area contributed by atoms with Crippen molar-refractivity contribution in [3.05, 3.63) is 45.3 Å². The third-order valence-corrected chi connectivity index (χ3v) is 6.01. The van der Waals surface area contributed by atoms with Crippen LogP contribution in [0, 0.1) is 0 Å². The van der Waals surface area contributed by atoms with Crippen molar-refractivity contribution in [2.75, 3.05) is 18.5 Å². The zero-order chi connectivity index (χ0) is 18.9. The second-order valence-electron chi connectivity index (χ2n) is 7.80. The zero-order valence-corrected chi connectivity index (χ0v) is 15.9. The van der Waals surface area contributed by atoms with E-state index in [0.717, 1.165) is 73.5 Å². The monoisotopic (exact) mass is 383 g/mol. The van der Waals surface area contributed by atoms with Crippen LogP contribution in [0.1, 0.15) is 54.2 Å². The molecule has 1 aliphatic carbocycles. The Morgan fingerprint density at radius 2 is 1.79 bits per heavy atom. The predicted octanol–water partition coefficient (Wildman–Crippen LogP) is 1.77. The van der Waals surface area contributed by atoms with Gasteiger partial charge in [-0.25, -0.2) is 14.6 Å². The highest BCUT2D eigenvalue weighted by Gasteiger charge is 2.26. The number of ether oxygens (including phenoxy) is 2. The Hall–Kier alpha value is -2.32. The van der Waals surface area contributed by atoms with Gasteiger partial charge in [-0.2, -0.15) is 5.10 Å². The highest BCUT2D eigenvalue weighted by Crippen LogP contribution is 2.30. The highest BCUT2D eigenvalue weighted by molar-refractivity contribution is 5.47. The number of anilines is 1. The average Bonchev–Trinajstić information content (AvgIpc) is 2.74. The van der Waals surface area contributed by atoms with Crippen LogP contribution in [-0.2, 0) is 35.5 Å². The van der Waals surface area contributed by atoms with Gasteiger partial charge in [0.2, 0.25) is 0 Å². The molecule has 2 aliphatic heterocycles. The van der Waals surface area contributed by atoms with Gasteiger partial charge in [-0.15, -0.1) is 0 Å². The van der Waals surface area contributed by atoms with Gasteiger partial charge in [0.15, 0.2) is 0 Å². The molecule has 1 fully saturated rings. The van der Waals surface area contributed by atoms with Gasteiger partial charge in [-0.1, -0.05) is 0 Å². The van der Waals surface area contributed by atoms with E-state index in [1.165, 1.54) is 0 Å². The summed E-state index contributed by atoms with van der Waals surface area (Å²) in [5.41, 5.74) is 4.12. The lowest BCUT2D eigenvalue weighted by Crippen LogP contribution is -2.35. The van der Waals surface area contributed by atoms with E-state index in [9.17, 15) is 4.79 Å². The largest absolute Gasteiger partial charge is 0.376 e. The molecule has 0 unspecified atom stereocenters. The third kappa shape index (κ3) is 3.42. The van der Waals surface area contributed by atoms with Crippen molar-refractivity contribution in [2.45, 2.75) is 63.8 Å². The van der Waals surface area contributed by atoms with Crippen LogP contribution in [-0.4, -0.2) is 39.0 Å². The molecule has 2 aromatic rings. The molecule has 8 nitrogen and oxygen atoms in total. The topological polar surface area (TPSA) is 91.2 Å². The van der Waals surface area contributed by atoms with Crippen LogP contribution in [0.2, 0.25) is 0 Å². The second-order valence-corrected chi connectivity index (χ2v) is 7.80. The van der Waals surface area contributed by atoms with E-state index in [1.54, 1.807) is 17.1 Å². The third-order valence-electron chi connectivity index (χ3n) is 6.01. The molecule has 4 heterocycles. The van der Waals surface area contributed by atoms with Crippen LogP contribution in [0.3, 0.4) is 0 Å². The van der Waals surface area contributed by atoms with Crippen molar-refractivity contribution in [2.24, 2.45) is 0 Å². The summed E-state index contributed by atoms with van der Waals surface area (Å²) >= 11 is 0. The minimum absolute atomic E-state index is 0.0114. The van der Waals surface area contributed by atoms with Gasteiger partial charge in [-0.05, 0) is 25.7 Å². The lowest BCUT2D eigenvalue weighted by molar-refractivity contribution is 0.107. The van der Waals surface area contributed by atoms with Crippen LogP contribution >= 0.6 is 0 Å². The van der Waals surface area contributed by atoms with Crippen LogP contribution in [0.25, 0.3) is 0 Å². The summed E-state index contributed by atoms with van der Waals surface area (Å²) in [6.07, 6.45) is 7.10. The number of nitrogens with one attached hydrogen (secondary N) is 1. The lowest BCUT2D eigenvalue weighted by Gasteiger charge is -2.31. The first-order valence-electron chi connectivity index (χ1n) is 10.1. The van der Waals surface area contributed by atoms with Gasteiger partial charge in [0, 0.05) is 36.1 Å². The average molecular weight is 383 g/mol. The summed E-state index contributed by atoms with van der Waals surface area (Å²) in [5.74, 6) is 0.900. The minimum Gasteiger partial charge on any atom is -0.376 e. The molecule has 1 saturated carbocycles. The standard InChI is InChI=1S/C20H25N5O3/c26-19-9-13-10-27-7-5-17(13)24-25(19)15-3-1-14(2-4-15)23-20-16-11-28-8-6-18(16)21-12-22-20/h9,12,14-15H,1-8,10-11H2,(H,21,22,23). The van der Waals surface area contributed by atoms with Gasteiger partial charge in [0.25, 0.3) is 5.56 Å². The minimum atomic E-state index is -0.0114. The molecule has 0 spiro atoms. The Balaban J connectivity index is 1.27. The number of aromatic nitrogens is 4. The molecule has 0 radical (unpaired) electrons. The van der Waals surface area contributed by atoms with E-state index in [4.69, 9.17) is 9.47 Å². The summed E-state index contributed by atoms with van der Waals surface area (Å²) in [6.45, 7) is 2.49. The molecule has 0 bridgehead atoms. The Kier molecular flexibility index (Phi) is 4.82. The summed E-state index contributed by atoms with van der Waals surface area (Å²) < 4.78 is 12.7. The molecule has 0 amide bonds. The van der Waals surface area contributed by atoms with Gasteiger partial charge in [0.1, 0.15) is 12.1 Å². The lowest BCUT2D eigenvalue weighted by atomic mass is 9.91. The van der Waals surface area contributed by atoms with Crippen LogP contribution < -0.4 is 10.9 Å². The number of rotatable bonds is 3. The van der Waals surface area contributed by atoms with Gasteiger partial charge >= 0.3 is 0 Å². The van der Waals surface area contributed by atoms with E-state index in [1.807, 2.05) is 0 Å². The number of hydrogen-bond acceptors (Lipinski definition) is 7. The SMILES string of the molecule is O=c1cc2c(nn1C1CCC(Nc3ncnc4c3COCC4)CC1)CCOC2. The maximum absolute atomic E-state index is 12.5. The first-order chi connectivity index (χ1) is 13.8. The Bertz CT molecular complexity index is 921. The molecule has 148 valence electrons. The molecule has 0 atom stereocenters. The van der Waals surface area contributed by atoms with E-state index in [-0.39, 0.29) is 11.6 Å². The van der Waals surface area contributed by atoms with Gasteiger partial charge in [0.05, 0.1) is 43.9 Å². The quantitative estimate of drug-likeness (QED) is 0.864. The van der Waals surface area contributed by atoms with E-state index >= 15 is 0 Å². The van der Waals surface area contributed by atoms with Gasteiger partial charge in [-0.3, -0.25) is 4.79 Å². The fraction of sp³-hybridized carbons (Fsp3) is 0.600. The van der Waals surface area contributed by atoms with Crippen LogP contribution in [0.5, 0.6) is 0 Å². The van der Waals surface area contributed by atoms with E-state index < -0.39 is 0 Å². The van der Waals surface area contributed by atoms with Crippen molar-refractivity contribution >= 4 is 5.82 Å². The fourth-order valence-corrected chi connectivity index (χ4v) is 4.43. The second kappa shape index (κ2) is 7.60.